The van der Waals surface area contributed by atoms with Crippen molar-refractivity contribution >= 4 is 52.3 Å². The molecular formula is C19H19Cl2N3O3. The molecule has 27 heavy (non-hydrogen) atoms. The minimum absolute atomic E-state index is 0.191. The number of para-hydroxylation sites is 1. The largest absolute Gasteiger partial charge is 0.332 e. The van der Waals surface area contributed by atoms with Crippen molar-refractivity contribution < 1.29 is 14.4 Å². The lowest BCUT2D eigenvalue weighted by molar-refractivity contribution is -0.116. The molecular weight excluding hydrogens is 389 g/mol. The van der Waals surface area contributed by atoms with Gasteiger partial charge in [-0.05, 0) is 36.8 Å². The van der Waals surface area contributed by atoms with Gasteiger partial charge in [0.2, 0.25) is 11.8 Å². The molecule has 0 fully saturated rings. The van der Waals surface area contributed by atoms with Crippen molar-refractivity contribution in [2.45, 2.75) is 13.8 Å². The Morgan fingerprint density at radius 2 is 1.67 bits per heavy atom. The number of hydrogen-bond acceptors (Lipinski definition) is 3. The van der Waals surface area contributed by atoms with Crippen LogP contribution in [0.3, 0.4) is 0 Å². The van der Waals surface area contributed by atoms with Crippen molar-refractivity contribution in [3.05, 3.63) is 57.6 Å². The van der Waals surface area contributed by atoms with E-state index in [1.807, 2.05) is 6.92 Å². The Balaban J connectivity index is 2.09. The molecule has 0 aliphatic rings. The maximum Gasteiger partial charge on any atom is 0.254 e. The zero-order valence-corrected chi connectivity index (χ0v) is 16.6. The number of nitrogens with one attached hydrogen (secondary N) is 2. The van der Waals surface area contributed by atoms with Crippen molar-refractivity contribution in [3.8, 4) is 0 Å². The first kappa shape index (κ1) is 20.7. The Hall–Kier alpha value is -2.57. The number of amides is 3. The fraction of sp³-hybridized carbons (Fsp3) is 0.211. The smallest absolute Gasteiger partial charge is 0.254 e. The molecule has 0 aromatic heterocycles. The molecule has 2 N–H and O–H groups in total. The average molecular weight is 408 g/mol. The van der Waals surface area contributed by atoms with Gasteiger partial charge in [-0.1, -0.05) is 35.3 Å². The van der Waals surface area contributed by atoms with Gasteiger partial charge in [0.05, 0.1) is 22.3 Å². The first-order valence-electron chi connectivity index (χ1n) is 8.06. The minimum Gasteiger partial charge on any atom is -0.332 e. The molecule has 0 aliphatic carbocycles. The minimum atomic E-state index is -0.435. The number of likely N-dealkylation sites (N-methyl/N-ethyl adjacent to an activating group) is 1. The summed E-state index contributed by atoms with van der Waals surface area (Å²) in [5, 5.41) is 5.90. The summed E-state index contributed by atoms with van der Waals surface area (Å²) in [4.78, 5) is 37.4. The maximum absolute atomic E-state index is 12.6. The standard InChI is InChI=1S/C19H19Cl2N3O3/c1-11-7-8-13(9-16(11)22-12(2)25)19(27)24(3)10-17(26)23-18-14(20)5-4-6-15(18)21/h4-9H,10H2,1-3H3,(H,22,25)(H,23,26). The summed E-state index contributed by atoms with van der Waals surface area (Å²) in [5.41, 5.74) is 2.04. The van der Waals surface area contributed by atoms with Gasteiger partial charge in [-0.15, -0.1) is 0 Å². The van der Waals surface area contributed by atoms with Crippen LogP contribution in [0.25, 0.3) is 0 Å². The van der Waals surface area contributed by atoms with E-state index in [2.05, 4.69) is 10.6 Å². The molecule has 2 aromatic rings. The van der Waals surface area contributed by atoms with Gasteiger partial charge < -0.3 is 15.5 Å². The number of rotatable bonds is 5. The zero-order chi connectivity index (χ0) is 20.1. The number of halogens is 2. The number of nitrogens with zero attached hydrogens (tertiary/aromatic N) is 1. The van der Waals surface area contributed by atoms with E-state index in [0.717, 1.165) is 5.56 Å². The molecule has 0 bridgehead atoms. The van der Waals surface area contributed by atoms with Crippen LogP contribution in [0.5, 0.6) is 0 Å². The van der Waals surface area contributed by atoms with Crippen molar-refractivity contribution in [2.24, 2.45) is 0 Å². The number of anilines is 2. The van der Waals surface area contributed by atoms with Crippen LogP contribution in [0.2, 0.25) is 10.0 Å². The SMILES string of the molecule is CC(=O)Nc1cc(C(=O)N(C)CC(=O)Nc2c(Cl)cccc2Cl)ccc1C. The Morgan fingerprint density at radius 1 is 1.04 bits per heavy atom. The number of carbonyl (C=O) groups is 3. The normalized spacial score (nSPS) is 10.3. The first-order valence-corrected chi connectivity index (χ1v) is 8.82. The Kier molecular flexibility index (Phi) is 6.82. The molecule has 2 aromatic carbocycles. The highest BCUT2D eigenvalue weighted by molar-refractivity contribution is 6.39. The van der Waals surface area contributed by atoms with Gasteiger partial charge in [0.25, 0.3) is 5.91 Å². The van der Waals surface area contributed by atoms with Crippen LogP contribution in [0.1, 0.15) is 22.8 Å². The molecule has 142 valence electrons. The summed E-state index contributed by atoms with van der Waals surface area (Å²) in [6.07, 6.45) is 0. The molecule has 6 nitrogen and oxygen atoms in total. The third-order valence-electron chi connectivity index (χ3n) is 3.75. The van der Waals surface area contributed by atoms with Crippen LogP contribution in [0.4, 0.5) is 11.4 Å². The molecule has 0 radical (unpaired) electrons. The molecule has 0 atom stereocenters. The zero-order valence-electron chi connectivity index (χ0n) is 15.1. The topological polar surface area (TPSA) is 78.5 Å². The quantitative estimate of drug-likeness (QED) is 0.786. The van der Waals surface area contributed by atoms with Gasteiger partial charge in [0.1, 0.15) is 0 Å². The highest BCUT2D eigenvalue weighted by Crippen LogP contribution is 2.29. The molecule has 0 heterocycles. The lowest BCUT2D eigenvalue weighted by Crippen LogP contribution is -2.35. The van der Waals surface area contributed by atoms with Gasteiger partial charge in [-0.3, -0.25) is 14.4 Å². The van der Waals surface area contributed by atoms with E-state index in [9.17, 15) is 14.4 Å². The summed E-state index contributed by atoms with van der Waals surface area (Å²) >= 11 is 12.1. The van der Waals surface area contributed by atoms with Crippen LogP contribution in [-0.2, 0) is 9.59 Å². The van der Waals surface area contributed by atoms with Gasteiger partial charge in [-0.25, -0.2) is 0 Å². The second-order valence-corrected chi connectivity index (χ2v) is 6.83. The van der Waals surface area contributed by atoms with Crippen LogP contribution in [-0.4, -0.2) is 36.2 Å². The van der Waals surface area contributed by atoms with E-state index >= 15 is 0 Å². The highest BCUT2D eigenvalue weighted by Gasteiger charge is 2.17. The fourth-order valence-corrected chi connectivity index (χ4v) is 2.88. The molecule has 2 rings (SSSR count). The van der Waals surface area contributed by atoms with Crippen molar-refractivity contribution in [1.29, 1.82) is 0 Å². The van der Waals surface area contributed by atoms with Gasteiger partial charge in [0.15, 0.2) is 0 Å². The van der Waals surface area contributed by atoms with E-state index < -0.39 is 5.91 Å². The van der Waals surface area contributed by atoms with Crippen LogP contribution in [0.15, 0.2) is 36.4 Å². The van der Waals surface area contributed by atoms with Crippen molar-refractivity contribution in [3.63, 3.8) is 0 Å². The second kappa shape index (κ2) is 8.88. The number of benzene rings is 2. The molecule has 0 spiro atoms. The van der Waals surface area contributed by atoms with Gasteiger partial charge in [0, 0.05) is 25.2 Å². The summed E-state index contributed by atoms with van der Waals surface area (Å²) in [5.74, 6) is -1.02. The third-order valence-corrected chi connectivity index (χ3v) is 4.38. The highest BCUT2D eigenvalue weighted by atomic mass is 35.5. The predicted molar refractivity (Wildman–Crippen MR) is 108 cm³/mol. The first-order chi connectivity index (χ1) is 12.7. The second-order valence-electron chi connectivity index (χ2n) is 6.02. The van der Waals surface area contributed by atoms with Crippen molar-refractivity contribution in [1.82, 2.24) is 4.90 Å². The van der Waals surface area contributed by atoms with E-state index in [4.69, 9.17) is 23.2 Å². The Labute approximate surface area is 167 Å². The molecule has 3 amide bonds. The molecule has 0 aliphatic heterocycles. The monoisotopic (exact) mass is 407 g/mol. The van der Waals surface area contributed by atoms with Gasteiger partial charge in [-0.2, -0.15) is 0 Å². The van der Waals surface area contributed by atoms with E-state index in [1.54, 1.807) is 36.4 Å². The van der Waals surface area contributed by atoms with Crippen LogP contribution >= 0.6 is 23.2 Å². The molecule has 8 heteroatoms. The number of aryl methyl sites for hydroxylation is 1. The fourth-order valence-electron chi connectivity index (χ4n) is 2.38. The lowest BCUT2D eigenvalue weighted by atomic mass is 10.1. The van der Waals surface area contributed by atoms with Gasteiger partial charge >= 0.3 is 0 Å². The number of hydrogen-bond donors (Lipinski definition) is 2. The van der Waals surface area contributed by atoms with Crippen LogP contribution in [0, 0.1) is 6.92 Å². The summed E-state index contributed by atoms with van der Waals surface area (Å²) in [6.45, 7) is 3.03. The lowest BCUT2D eigenvalue weighted by Gasteiger charge is -2.18. The Morgan fingerprint density at radius 3 is 2.26 bits per heavy atom. The van der Waals surface area contributed by atoms with E-state index in [-0.39, 0.29) is 18.4 Å². The average Bonchev–Trinajstić information content (AvgIpc) is 2.59. The summed E-state index contributed by atoms with van der Waals surface area (Å²) < 4.78 is 0. The molecule has 0 unspecified atom stereocenters. The third kappa shape index (κ3) is 5.45. The summed E-state index contributed by atoms with van der Waals surface area (Å²) in [6, 6.07) is 9.83. The number of carbonyl (C=O) groups excluding carboxylic acids is 3. The molecule has 0 saturated carbocycles. The van der Waals surface area contributed by atoms with Crippen LogP contribution < -0.4 is 10.6 Å². The van der Waals surface area contributed by atoms with E-state index in [1.165, 1.54) is 18.9 Å². The summed E-state index contributed by atoms with van der Waals surface area (Å²) in [7, 11) is 1.51. The maximum atomic E-state index is 12.6. The van der Waals surface area contributed by atoms with E-state index in [0.29, 0.717) is 27.0 Å². The van der Waals surface area contributed by atoms with Crippen molar-refractivity contribution in [2.75, 3.05) is 24.2 Å². The predicted octanol–water partition coefficient (Wildman–Crippen LogP) is 3.97. The Bertz CT molecular complexity index is 880. The molecule has 0 saturated heterocycles.